The summed E-state index contributed by atoms with van der Waals surface area (Å²) < 4.78 is 68.3. The maximum absolute atomic E-state index is 12.8. The lowest BCUT2D eigenvalue weighted by Crippen LogP contribution is -2.29. The van der Waals surface area contributed by atoms with E-state index in [9.17, 15) is 26.4 Å². The fraction of sp³-hybridized carbons (Fsp3) is 0.200. The minimum atomic E-state index is -4.52. The van der Waals surface area contributed by atoms with Crippen LogP contribution in [0, 0.1) is 0 Å². The number of nitrogens with one attached hydrogen (secondary N) is 2. The van der Waals surface area contributed by atoms with Gasteiger partial charge in [-0.05, 0) is 30.3 Å². The fourth-order valence-electron chi connectivity index (χ4n) is 1.99. The molecule has 26 heavy (non-hydrogen) atoms. The average molecular weight is 389 g/mol. The van der Waals surface area contributed by atoms with Crippen LogP contribution in [0.1, 0.15) is 15.9 Å². The number of amides is 1. The van der Waals surface area contributed by atoms with Gasteiger partial charge in [0.15, 0.2) is 0 Å². The summed E-state index contributed by atoms with van der Waals surface area (Å²) in [4.78, 5) is 16.0. The Morgan fingerprint density at radius 2 is 1.92 bits per heavy atom. The van der Waals surface area contributed by atoms with Gasteiger partial charge in [0.2, 0.25) is 0 Å². The van der Waals surface area contributed by atoms with Crippen molar-refractivity contribution in [2.75, 3.05) is 17.6 Å². The fourth-order valence-corrected chi connectivity index (χ4v) is 2.35. The Balaban J connectivity index is 2.18. The van der Waals surface area contributed by atoms with E-state index >= 15 is 0 Å². The maximum atomic E-state index is 12.8. The Morgan fingerprint density at radius 3 is 2.58 bits per heavy atom. The Morgan fingerprint density at radius 1 is 1.19 bits per heavy atom. The first-order valence-corrected chi connectivity index (χ1v) is 8.80. The first kappa shape index (κ1) is 19.7. The highest BCUT2D eigenvalue weighted by Gasteiger charge is 2.30. The van der Waals surface area contributed by atoms with Gasteiger partial charge in [-0.15, -0.1) is 0 Å². The molecule has 140 valence electrons. The Labute approximate surface area is 147 Å². The molecule has 0 spiro atoms. The van der Waals surface area contributed by atoms with Gasteiger partial charge in [0.25, 0.3) is 16.0 Å². The number of aromatic nitrogens is 1. The first-order chi connectivity index (χ1) is 12.1. The normalized spacial score (nSPS) is 11.8. The van der Waals surface area contributed by atoms with Gasteiger partial charge in [0.05, 0.1) is 16.9 Å². The zero-order valence-electron chi connectivity index (χ0n) is 13.1. The molecule has 3 N–H and O–H groups in total. The first-order valence-electron chi connectivity index (χ1n) is 7.19. The molecule has 0 saturated carbocycles. The summed E-state index contributed by atoms with van der Waals surface area (Å²) in [5.74, 6) is -1.37. The second kappa shape index (κ2) is 7.70. The third-order valence-corrected chi connectivity index (χ3v) is 3.87. The number of rotatable bonds is 6. The van der Waals surface area contributed by atoms with E-state index in [1.54, 1.807) is 0 Å². The Kier molecular flexibility index (Phi) is 5.83. The number of hydrogen-bond donors (Lipinski definition) is 3. The zero-order valence-corrected chi connectivity index (χ0v) is 13.9. The van der Waals surface area contributed by atoms with E-state index in [1.165, 1.54) is 30.5 Å². The SMILES string of the molecule is O=C(NCCS(=O)(=O)O)c1cccnc1Nc1cccc(C(F)(F)F)c1. The third kappa shape index (κ3) is 5.70. The number of alkyl halides is 3. The second-order valence-electron chi connectivity index (χ2n) is 5.15. The van der Waals surface area contributed by atoms with Crippen LogP contribution in [-0.2, 0) is 16.3 Å². The van der Waals surface area contributed by atoms with Gasteiger partial charge in [0, 0.05) is 18.4 Å². The van der Waals surface area contributed by atoms with Crippen LogP contribution in [0.2, 0.25) is 0 Å². The third-order valence-electron chi connectivity index (χ3n) is 3.15. The highest BCUT2D eigenvalue weighted by Crippen LogP contribution is 2.31. The molecule has 1 heterocycles. The largest absolute Gasteiger partial charge is 0.416 e. The van der Waals surface area contributed by atoms with Gasteiger partial charge in [-0.2, -0.15) is 21.6 Å². The molecule has 0 aliphatic carbocycles. The van der Waals surface area contributed by atoms with E-state index in [4.69, 9.17) is 4.55 Å². The predicted molar refractivity (Wildman–Crippen MR) is 87.7 cm³/mol. The van der Waals surface area contributed by atoms with Crippen LogP contribution < -0.4 is 10.6 Å². The number of benzene rings is 1. The van der Waals surface area contributed by atoms with Crippen LogP contribution >= 0.6 is 0 Å². The van der Waals surface area contributed by atoms with Crippen molar-refractivity contribution < 1.29 is 30.9 Å². The molecule has 0 saturated heterocycles. The second-order valence-corrected chi connectivity index (χ2v) is 6.72. The maximum Gasteiger partial charge on any atom is 0.416 e. The van der Waals surface area contributed by atoms with E-state index < -0.39 is 33.5 Å². The van der Waals surface area contributed by atoms with Crippen LogP contribution in [0.15, 0.2) is 42.6 Å². The molecule has 11 heteroatoms. The van der Waals surface area contributed by atoms with Crippen molar-refractivity contribution in [3.8, 4) is 0 Å². The van der Waals surface area contributed by atoms with E-state index in [0.29, 0.717) is 0 Å². The zero-order chi connectivity index (χ0) is 19.4. The topological polar surface area (TPSA) is 108 Å². The van der Waals surface area contributed by atoms with Gasteiger partial charge < -0.3 is 10.6 Å². The number of pyridine rings is 1. The van der Waals surface area contributed by atoms with E-state index in [0.717, 1.165) is 12.1 Å². The monoisotopic (exact) mass is 389 g/mol. The molecule has 0 aliphatic rings. The van der Waals surface area contributed by atoms with Crippen LogP contribution in [0.4, 0.5) is 24.7 Å². The van der Waals surface area contributed by atoms with E-state index in [1.807, 2.05) is 0 Å². The van der Waals surface area contributed by atoms with Crippen LogP contribution in [-0.4, -0.2) is 36.2 Å². The standard InChI is InChI=1S/C15H14F3N3O4S/c16-15(17,18)10-3-1-4-11(9-10)21-13-12(5-2-6-19-13)14(22)20-7-8-26(23,24)25/h1-6,9H,7-8H2,(H,19,21)(H,20,22)(H,23,24,25). The predicted octanol–water partition coefficient (Wildman–Crippen LogP) is 2.46. The van der Waals surface area contributed by atoms with Crippen molar-refractivity contribution in [1.82, 2.24) is 10.3 Å². The summed E-state index contributed by atoms with van der Waals surface area (Å²) in [7, 11) is -4.23. The number of anilines is 2. The molecule has 0 fully saturated rings. The Hall–Kier alpha value is -2.66. The summed E-state index contributed by atoms with van der Waals surface area (Å²) in [6, 6.07) is 7.17. The highest BCUT2D eigenvalue weighted by atomic mass is 32.2. The molecule has 0 bridgehead atoms. The lowest BCUT2D eigenvalue weighted by atomic mass is 10.2. The van der Waals surface area contributed by atoms with Crippen molar-refractivity contribution >= 4 is 27.5 Å². The molecule has 0 aliphatic heterocycles. The molecule has 2 rings (SSSR count). The minimum Gasteiger partial charge on any atom is -0.351 e. The smallest absolute Gasteiger partial charge is 0.351 e. The number of nitrogens with zero attached hydrogens (tertiary/aromatic N) is 1. The van der Waals surface area contributed by atoms with Crippen LogP contribution in [0.25, 0.3) is 0 Å². The molecular weight excluding hydrogens is 375 g/mol. The summed E-state index contributed by atoms with van der Waals surface area (Å²) in [5, 5.41) is 4.91. The van der Waals surface area contributed by atoms with Gasteiger partial charge in [0.1, 0.15) is 5.82 Å². The van der Waals surface area contributed by atoms with Gasteiger partial charge >= 0.3 is 6.18 Å². The molecule has 2 aromatic rings. The number of halogens is 3. The molecular formula is C15H14F3N3O4S. The summed E-state index contributed by atoms with van der Waals surface area (Å²) in [6.45, 7) is -0.338. The molecule has 7 nitrogen and oxygen atoms in total. The summed E-state index contributed by atoms with van der Waals surface area (Å²) in [5.41, 5.74) is -0.789. The van der Waals surface area contributed by atoms with Crippen molar-refractivity contribution in [1.29, 1.82) is 0 Å². The lowest BCUT2D eigenvalue weighted by molar-refractivity contribution is -0.137. The molecule has 1 aromatic heterocycles. The lowest BCUT2D eigenvalue weighted by Gasteiger charge is -2.13. The van der Waals surface area contributed by atoms with Gasteiger partial charge in [-0.25, -0.2) is 4.98 Å². The Bertz CT molecular complexity index is 901. The van der Waals surface area contributed by atoms with Crippen molar-refractivity contribution in [2.24, 2.45) is 0 Å². The quantitative estimate of drug-likeness (QED) is 0.655. The van der Waals surface area contributed by atoms with Gasteiger partial charge in [-0.3, -0.25) is 9.35 Å². The number of carbonyl (C=O) groups is 1. The van der Waals surface area contributed by atoms with Crippen molar-refractivity contribution in [2.45, 2.75) is 6.18 Å². The molecule has 1 aromatic carbocycles. The highest BCUT2D eigenvalue weighted by molar-refractivity contribution is 7.85. The molecule has 1 amide bonds. The van der Waals surface area contributed by atoms with E-state index in [-0.39, 0.29) is 23.6 Å². The summed E-state index contributed by atoms with van der Waals surface area (Å²) in [6.07, 6.45) is -3.18. The van der Waals surface area contributed by atoms with Crippen molar-refractivity contribution in [3.63, 3.8) is 0 Å². The van der Waals surface area contributed by atoms with Gasteiger partial charge in [-0.1, -0.05) is 6.07 Å². The number of carbonyl (C=O) groups excluding carboxylic acids is 1. The van der Waals surface area contributed by atoms with Crippen LogP contribution in [0.3, 0.4) is 0 Å². The van der Waals surface area contributed by atoms with Crippen molar-refractivity contribution in [3.05, 3.63) is 53.7 Å². The summed E-state index contributed by atoms with van der Waals surface area (Å²) >= 11 is 0. The molecule has 0 radical (unpaired) electrons. The minimum absolute atomic E-state index is 0.000231. The number of hydrogen-bond acceptors (Lipinski definition) is 5. The molecule has 0 unspecified atom stereocenters. The van der Waals surface area contributed by atoms with E-state index in [2.05, 4.69) is 15.6 Å². The van der Waals surface area contributed by atoms with Crippen LogP contribution in [0.5, 0.6) is 0 Å². The average Bonchev–Trinajstić information content (AvgIpc) is 2.53. The molecule has 0 atom stereocenters.